The Kier molecular flexibility index (Phi) is 7.30. The van der Waals surface area contributed by atoms with Crippen molar-refractivity contribution in [3.63, 3.8) is 0 Å². The number of hydrogen-bond donors (Lipinski definition) is 0. The van der Waals surface area contributed by atoms with Crippen LogP contribution in [0.2, 0.25) is 0 Å². The number of alkyl halides is 1. The van der Waals surface area contributed by atoms with Gasteiger partial charge in [0, 0.05) is 13.8 Å². The van der Waals surface area contributed by atoms with Crippen LogP contribution >= 0.6 is 23.2 Å². The largest absolute Gasteiger partial charge is 0.463 e. The number of amidine groups is 1. The number of carbonyl (C=O) groups excluding carboxylic acids is 2. The molecule has 1 aromatic rings. The third kappa shape index (κ3) is 5.34. The van der Waals surface area contributed by atoms with Crippen molar-refractivity contribution in [3.05, 3.63) is 29.8 Å². The van der Waals surface area contributed by atoms with Crippen LogP contribution in [0.1, 0.15) is 19.4 Å². The van der Waals surface area contributed by atoms with Crippen LogP contribution in [0, 0.1) is 6.92 Å². The summed E-state index contributed by atoms with van der Waals surface area (Å²) >= 11 is 12.9. The summed E-state index contributed by atoms with van der Waals surface area (Å²) in [5.41, 5.74) is 1.01. The van der Waals surface area contributed by atoms with Crippen molar-refractivity contribution in [2.75, 3.05) is 6.61 Å². The van der Waals surface area contributed by atoms with Crippen LogP contribution in [-0.4, -0.2) is 79.6 Å². The lowest BCUT2D eigenvalue weighted by Gasteiger charge is -2.31. The second-order valence-electron chi connectivity index (χ2n) is 8.00. The van der Waals surface area contributed by atoms with E-state index in [2.05, 4.69) is 20.0 Å². The van der Waals surface area contributed by atoms with Gasteiger partial charge < -0.3 is 14.2 Å². The van der Waals surface area contributed by atoms with Crippen LogP contribution < -0.4 is 0 Å². The van der Waals surface area contributed by atoms with Gasteiger partial charge in [-0.2, -0.15) is 8.42 Å². The third-order valence-electron chi connectivity index (χ3n) is 5.26. The fourth-order valence-corrected chi connectivity index (χ4v) is 5.43. The van der Waals surface area contributed by atoms with E-state index >= 15 is 0 Å². The van der Waals surface area contributed by atoms with Crippen LogP contribution in [0.25, 0.3) is 0 Å². The van der Waals surface area contributed by atoms with Crippen molar-refractivity contribution in [2.45, 2.75) is 55.2 Å². The zero-order chi connectivity index (χ0) is 26.3. The standard InChI is InChI=1S/C21H20Cl2N4O8S/c1-10-4-6-13(7-5-10)36(30,31)35-16-14(8-32-11(2)28)34-18(17(16)33-12(3)29)21(23)26-19(22)15-20(27-21)25-9-24-15/h4-7,9,14,16-18H,8H2,1-3H3/t14-,16+,17-,18-,21?/m1/s1. The molecule has 0 bridgehead atoms. The summed E-state index contributed by atoms with van der Waals surface area (Å²) in [6.07, 6.45) is -4.40. The Balaban J connectivity index is 1.74. The number of benzene rings is 1. The van der Waals surface area contributed by atoms with E-state index in [4.69, 9.17) is 41.6 Å². The number of ether oxygens (including phenoxy) is 3. The first-order chi connectivity index (χ1) is 16.9. The number of rotatable bonds is 7. The number of aryl methyl sites for hydroxylation is 1. The number of aliphatic imine (C=N–C) groups is 4. The quantitative estimate of drug-likeness (QED) is 0.212. The third-order valence-corrected chi connectivity index (χ3v) is 7.24. The zero-order valence-electron chi connectivity index (χ0n) is 19.1. The molecule has 1 fully saturated rings. The maximum atomic E-state index is 13.1. The number of halogens is 2. The Morgan fingerprint density at radius 1 is 1.11 bits per heavy atom. The minimum atomic E-state index is -4.39. The predicted molar refractivity (Wildman–Crippen MR) is 129 cm³/mol. The van der Waals surface area contributed by atoms with Crippen molar-refractivity contribution in [2.24, 2.45) is 20.0 Å². The van der Waals surface area contributed by atoms with Crippen LogP contribution in [0.3, 0.4) is 0 Å². The molecule has 4 rings (SSSR count). The van der Waals surface area contributed by atoms with Gasteiger partial charge in [0.1, 0.15) is 30.9 Å². The van der Waals surface area contributed by atoms with E-state index < -0.39 is 58.2 Å². The van der Waals surface area contributed by atoms with Gasteiger partial charge in [0.15, 0.2) is 23.2 Å². The average Bonchev–Trinajstić information content (AvgIpc) is 3.37. The summed E-state index contributed by atoms with van der Waals surface area (Å²) in [5.74, 6) is -1.39. The molecule has 3 aliphatic heterocycles. The number of esters is 2. The Bertz CT molecular complexity index is 1310. The van der Waals surface area contributed by atoms with E-state index in [9.17, 15) is 18.0 Å². The molecular formula is C21H20Cl2N4O8S. The van der Waals surface area contributed by atoms with Gasteiger partial charge in [-0.3, -0.25) is 13.8 Å². The predicted octanol–water partition coefficient (Wildman–Crippen LogP) is 1.76. The Hall–Kier alpha value is -2.71. The molecule has 0 spiro atoms. The van der Waals surface area contributed by atoms with E-state index in [0.29, 0.717) is 0 Å². The van der Waals surface area contributed by atoms with E-state index in [-0.39, 0.29) is 21.6 Å². The molecule has 0 radical (unpaired) electrons. The summed E-state index contributed by atoms with van der Waals surface area (Å²) in [5, 5.41) is -2.17. The molecule has 1 saturated heterocycles. The Labute approximate surface area is 216 Å². The molecule has 1 unspecified atom stereocenters. The zero-order valence-corrected chi connectivity index (χ0v) is 21.5. The molecule has 3 aliphatic rings. The second kappa shape index (κ2) is 9.98. The van der Waals surface area contributed by atoms with Gasteiger partial charge in [-0.25, -0.2) is 20.0 Å². The molecule has 12 nitrogen and oxygen atoms in total. The SMILES string of the molecule is CC(=O)OC[C@H]1O[C@@H](C2(Cl)N=C(Cl)C3=NC=NC3=N2)[C@H](OC(C)=O)[C@H]1OS(=O)(=O)c1ccc(C)cc1. The Morgan fingerprint density at radius 3 is 2.44 bits per heavy atom. The Morgan fingerprint density at radius 2 is 1.81 bits per heavy atom. The first-order valence-electron chi connectivity index (χ1n) is 10.5. The molecule has 36 heavy (non-hydrogen) atoms. The van der Waals surface area contributed by atoms with E-state index in [1.165, 1.54) is 18.5 Å². The lowest BCUT2D eigenvalue weighted by Crippen LogP contribution is -2.49. The molecule has 0 saturated carbocycles. The summed E-state index contributed by atoms with van der Waals surface area (Å²) in [6, 6.07) is 5.90. The second-order valence-corrected chi connectivity index (χ2v) is 10.5. The van der Waals surface area contributed by atoms with Gasteiger partial charge in [0.05, 0.1) is 4.90 Å². The summed E-state index contributed by atoms with van der Waals surface area (Å²) in [6.45, 7) is 3.62. The number of nitrogens with zero attached hydrogens (tertiary/aromatic N) is 4. The average molecular weight is 559 g/mol. The van der Waals surface area contributed by atoms with Crippen LogP contribution in [-0.2, 0) is 38.1 Å². The summed E-state index contributed by atoms with van der Waals surface area (Å²) in [4.78, 5) is 39.7. The molecule has 3 heterocycles. The van der Waals surface area contributed by atoms with Crippen LogP contribution in [0.5, 0.6) is 0 Å². The van der Waals surface area contributed by atoms with Gasteiger partial charge in [-0.1, -0.05) is 40.9 Å². The van der Waals surface area contributed by atoms with E-state index in [1.54, 1.807) is 19.1 Å². The topological polar surface area (TPSA) is 155 Å². The molecule has 192 valence electrons. The lowest BCUT2D eigenvalue weighted by atomic mass is 10.1. The van der Waals surface area contributed by atoms with Crippen LogP contribution in [0.4, 0.5) is 0 Å². The highest BCUT2D eigenvalue weighted by Gasteiger charge is 2.59. The van der Waals surface area contributed by atoms with Crippen molar-refractivity contribution >= 4 is 68.3 Å². The van der Waals surface area contributed by atoms with Gasteiger partial charge in [0.25, 0.3) is 15.2 Å². The van der Waals surface area contributed by atoms with Gasteiger partial charge >= 0.3 is 11.9 Å². The fourth-order valence-electron chi connectivity index (χ4n) is 3.68. The molecule has 5 atom stereocenters. The molecule has 1 aromatic carbocycles. The normalized spacial score (nSPS) is 29.2. The highest BCUT2D eigenvalue weighted by molar-refractivity contribution is 7.86. The molecule has 0 N–H and O–H groups in total. The summed E-state index contributed by atoms with van der Waals surface area (Å²) < 4.78 is 48.1. The van der Waals surface area contributed by atoms with E-state index in [1.807, 2.05) is 0 Å². The van der Waals surface area contributed by atoms with Gasteiger partial charge in [0.2, 0.25) is 0 Å². The van der Waals surface area contributed by atoms with Crippen molar-refractivity contribution in [3.8, 4) is 0 Å². The summed E-state index contributed by atoms with van der Waals surface area (Å²) in [7, 11) is -4.39. The lowest BCUT2D eigenvalue weighted by molar-refractivity contribution is -0.153. The monoisotopic (exact) mass is 558 g/mol. The van der Waals surface area contributed by atoms with Crippen LogP contribution in [0.15, 0.2) is 49.1 Å². The van der Waals surface area contributed by atoms with Gasteiger partial charge in [-0.05, 0) is 19.1 Å². The number of carbonyl (C=O) groups is 2. The fraction of sp³-hybridized carbons (Fsp3) is 0.429. The minimum absolute atomic E-state index is 0.0587. The van der Waals surface area contributed by atoms with Gasteiger partial charge in [-0.15, -0.1) is 0 Å². The number of fused-ring (bicyclic) bond motifs is 1. The molecule has 0 aromatic heterocycles. The van der Waals surface area contributed by atoms with Crippen molar-refractivity contribution in [1.82, 2.24) is 0 Å². The molecule has 0 aliphatic carbocycles. The smallest absolute Gasteiger partial charge is 0.303 e. The first-order valence-corrected chi connectivity index (χ1v) is 12.7. The highest BCUT2D eigenvalue weighted by atomic mass is 35.5. The first kappa shape index (κ1) is 26.4. The molecular weight excluding hydrogens is 539 g/mol. The minimum Gasteiger partial charge on any atom is -0.463 e. The van der Waals surface area contributed by atoms with Crippen molar-refractivity contribution in [1.29, 1.82) is 0 Å². The maximum absolute atomic E-state index is 13.1. The molecule has 15 heteroatoms. The highest BCUT2D eigenvalue weighted by Crippen LogP contribution is 2.41. The molecule has 0 amide bonds. The number of hydrogen-bond acceptors (Lipinski definition) is 12. The maximum Gasteiger partial charge on any atom is 0.303 e. The van der Waals surface area contributed by atoms with E-state index in [0.717, 1.165) is 19.4 Å². The van der Waals surface area contributed by atoms with Crippen molar-refractivity contribution < 1.29 is 36.4 Å².